The molecule has 5 rings (SSSR count). The molecular formula is C18H12FN5OS2. The van der Waals surface area contributed by atoms with Gasteiger partial charge in [0.25, 0.3) is 0 Å². The number of fused-ring (bicyclic) bond motifs is 5. The van der Waals surface area contributed by atoms with E-state index in [0.717, 1.165) is 20.0 Å². The molecule has 9 heteroatoms. The van der Waals surface area contributed by atoms with E-state index in [1.807, 2.05) is 6.07 Å². The van der Waals surface area contributed by atoms with E-state index < -0.39 is 17.3 Å². The molecule has 0 aromatic carbocycles. The Bertz CT molecular complexity index is 1210. The van der Waals surface area contributed by atoms with Crippen LogP contribution < -0.4 is 5.73 Å². The predicted octanol–water partition coefficient (Wildman–Crippen LogP) is 2.69. The Labute approximate surface area is 161 Å². The lowest BCUT2D eigenvalue weighted by Gasteiger charge is -2.37. The Morgan fingerprint density at radius 3 is 3.00 bits per heavy atom. The van der Waals surface area contributed by atoms with Gasteiger partial charge in [-0.25, -0.2) is 9.38 Å². The molecule has 0 saturated heterocycles. The summed E-state index contributed by atoms with van der Waals surface area (Å²) >= 11 is 2.70. The maximum Gasteiger partial charge on any atom is 0.240 e. The monoisotopic (exact) mass is 397 g/mol. The summed E-state index contributed by atoms with van der Waals surface area (Å²) in [5, 5.41) is 9.22. The molecule has 0 spiro atoms. The van der Waals surface area contributed by atoms with Crippen molar-refractivity contribution < 1.29 is 9.18 Å². The number of amides is 1. The summed E-state index contributed by atoms with van der Waals surface area (Å²) in [6, 6.07) is 7.16. The minimum Gasteiger partial charge on any atom is -0.369 e. The lowest BCUT2D eigenvalue weighted by atomic mass is 9.83. The first kappa shape index (κ1) is 16.4. The summed E-state index contributed by atoms with van der Waals surface area (Å²) in [5.74, 6) is -0.959. The molecule has 0 bridgehead atoms. The zero-order valence-corrected chi connectivity index (χ0v) is 15.7. The van der Waals surface area contributed by atoms with Crippen LogP contribution in [-0.2, 0) is 16.8 Å². The molecule has 3 aromatic rings. The first-order valence-electron chi connectivity index (χ1n) is 8.15. The maximum atomic E-state index is 13.6. The van der Waals surface area contributed by atoms with E-state index in [1.165, 1.54) is 39.8 Å². The highest BCUT2D eigenvalue weighted by Gasteiger charge is 2.57. The first-order chi connectivity index (χ1) is 12.9. The topological polar surface area (TPSA) is 95.4 Å². The van der Waals surface area contributed by atoms with Crippen LogP contribution in [-0.4, -0.2) is 28.8 Å². The molecule has 1 amide bonds. The predicted molar refractivity (Wildman–Crippen MR) is 101 cm³/mol. The number of halogens is 1. The van der Waals surface area contributed by atoms with Gasteiger partial charge in [-0.05, 0) is 23.8 Å². The van der Waals surface area contributed by atoms with Crippen molar-refractivity contribution >= 4 is 44.8 Å². The van der Waals surface area contributed by atoms with Gasteiger partial charge in [0.1, 0.15) is 28.2 Å². The average molecular weight is 397 g/mol. The number of nitriles is 1. The Balaban J connectivity index is 1.79. The smallest absolute Gasteiger partial charge is 0.240 e. The number of aromatic nitrogens is 1. The molecule has 6 nitrogen and oxygen atoms in total. The number of carbonyl (C=O) groups excluding carboxylic acids is 1. The lowest BCUT2D eigenvalue weighted by Crippen LogP contribution is -2.52. The van der Waals surface area contributed by atoms with Crippen molar-refractivity contribution in [2.75, 3.05) is 7.05 Å². The third kappa shape index (κ3) is 2.05. The van der Waals surface area contributed by atoms with Gasteiger partial charge in [0, 0.05) is 23.2 Å². The summed E-state index contributed by atoms with van der Waals surface area (Å²) in [5.41, 5.74) is 6.79. The molecule has 1 aliphatic carbocycles. The van der Waals surface area contributed by atoms with Crippen LogP contribution in [0.2, 0.25) is 0 Å². The molecule has 4 heterocycles. The first-order valence-corrected chi connectivity index (χ1v) is 9.78. The zero-order valence-electron chi connectivity index (χ0n) is 14.1. The molecule has 1 aliphatic heterocycles. The van der Waals surface area contributed by atoms with Crippen LogP contribution in [0, 0.1) is 17.1 Å². The van der Waals surface area contributed by atoms with Gasteiger partial charge >= 0.3 is 0 Å². The molecule has 0 saturated carbocycles. The Morgan fingerprint density at radius 1 is 1.44 bits per heavy atom. The molecular weight excluding hydrogens is 385 g/mol. The summed E-state index contributed by atoms with van der Waals surface area (Å²) in [7, 11) is 1.60. The van der Waals surface area contributed by atoms with Gasteiger partial charge in [-0.1, -0.05) is 0 Å². The van der Waals surface area contributed by atoms with Gasteiger partial charge in [-0.15, -0.1) is 22.7 Å². The van der Waals surface area contributed by atoms with Crippen molar-refractivity contribution in [1.29, 1.82) is 5.26 Å². The normalized spacial score (nSPS) is 23.9. The fourth-order valence-electron chi connectivity index (χ4n) is 3.94. The van der Waals surface area contributed by atoms with Crippen LogP contribution in [0.25, 0.3) is 10.2 Å². The van der Waals surface area contributed by atoms with Crippen LogP contribution in [0.1, 0.15) is 26.1 Å². The van der Waals surface area contributed by atoms with Crippen LogP contribution in [0.5, 0.6) is 0 Å². The van der Waals surface area contributed by atoms with Gasteiger partial charge in [0.15, 0.2) is 5.96 Å². The molecule has 2 N–H and O–H groups in total. The zero-order chi connectivity index (χ0) is 18.9. The molecule has 2 unspecified atom stereocenters. The Kier molecular flexibility index (Phi) is 3.24. The third-order valence-electron chi connectivity index (χ3n) is 5.19. The number of likely N-dealkylation sites (N-methyl/N-ethyl adjacent to an activating group) is 1. The number of rotatable bonds is 1. The quantitative estimate of drug-likeness (QED) is 0.683. The van der Waals surface area contributed by atoms with Crippen molar-refractivity contribution in [2.45, 2.75) is 17.9 Å². The number of thiophene rings is 2. The van der Waals surface area contributed by atoms with Gasteiger partial charge in [0.05, 0.1) is 16.4 Å². The molecule has 2 atom stereocenters. The summed E-state index contributed by atoms with van der Waals surface area (Å²) in [6.45, 7) is 0. The molecule has 134 valence electrons. The number of guanidine groups is 1. The minimum absolute atomic E-state index is 0.153. The standard InChI is InChI=1S/C18H12FN5OS2/c1-24-16(25)13-15-10(14-11(27-15)4-8(19)7-22-14)5-18(13,23-17(24)21)12-3-2-9(6-20)26-12/h2-4,7,13H,5H2,1H3,(H2,21,23). The average Bonchev–Trinajstić information content (AvgIpc) is 3.31. The third-order valence-corrected chi connectivity index (χ3v) is 7.58. The van der Waals surface area contributed by atoms with Crippen molar-refractivity contribution in [3.8, 4) is 6.07 Å². The highest BCUT2D eigenvalue weighted by Crippen LogP contribution is 2.57. The van der Waals surface area contributed by atoms with Crippen LogP contribution in [0.4, 0.5) is 4.39 Å². The largest absolute Gasteiger partial charge is 0.369 e. The fraction of sp³-hybridized carbons (Fsp3) is 0.222. The van der Waals surface area contributed by atoms with Crippen molar-refractivity contribution in [1.82, 2.24) is 9.88 Å². The Morgan fingerprint density at radius 2 is 2.26 bits per heavy atom. The molecule has 0 fully saturated rings. The van der Waals surface area contributed by atoms with Gasteiger partial charge in [0.2, 0.25) is 5.91 Å². The van der Waals surface area contributed by atoms with E-state index in [4.69, 9.17) is 10.7 Å². The number of nitrogens with two attached hydrogens (primary N) is 1. The lowest BCUT2D eigenvalue weighted by molar-refractivity contribution is -0.130. The van der Waals surface area contributed by atoms with Crippen molar-refractivity contribution in [3.63, 3.8) is 0 Å². The van der Waals surface area contributed by atoms with E-state index in [9.17, 15) is 14.4 Å². The molecule has 3 aromatic heterocycles. The van der Waals surface area contributed by atoms with Gasteiger partial charge in [-0.3, -0.25) is 14.7 Å². The van der Waals surface area contributed by atoms with E-state index in [0.29, 0.717) is 16.8 Å². The second kappa shape index (κ2) is 5.34. The highest BCUT2D eigenvalue weighted by atomic mass is 32.1. The second-order valence-corrected chi connectivity index (χ2v) is 8.79. The van der Waals surface area contributed by atoms with Crippen LogP contribution in [0.3, 0.4) is 0 Å². The van der Waals surface area contributed by atoms with Crippen LogP contribution in [0.15, 0.2) is 29.4 Å². The number of hydrogen-bond donors (Lipinski definition) is 1. The summed E-state index contributed by atoms with van der Waals surface area (Å²) in [6.07, 6.45) is 1.63. The summed E-state index contributed by atoms with van der Waals surface area (Å²) in [4.78, 5) is 25.8. The van der Waals surface area contributed by atoms with Gasteiger partial charge in [-0.2, -0.15) is 5.26 Å². The second-order valence-electron chi connectivity index (χ2n) is 6.62. The fourth-order valence-corrected chi connectivity index (χ4v) is 6.29. The van der Waals surface area contributed by atoms with E-state index >= 15 is 0 Å². The maximum absolute atomic E-state index is 13.6. The van der Waals surface area contributed by atoms with E-state index in [1.54, 1.807) is 13.1 Å². The number of hydrogen-bond acceptors (Lipinski definition) is 7. The molecule has 2 aliphatic rings. The number of aliphatic imine (C=N–C) groups is 1. The van der Waals surface area contributed by atoms with Crippen LogP contribution >= 0.6 is 22.7 Å². The number of nitrogens with zero attached hydrogens (tertiary/aromatic N) is 4. The number of pyridine rings is 1. The van der Waals surface area contributed by atoms with Crippen molar-refractivity contribution in [3.05, 3.63) is 50.4 Å². The van der Waals surface area contributed by atoms with Crippen molar-refractivity contribution in [2.24, 2.45) is 10.7 Å². The SMILES string of the molecule is CN1C(=O)C2c3sc4cc(F)cnc4c3CC2(c2ccc(C#N)s2)N=C1N. The number of carbonyl (C=O) groups is 1. The molecule has 27 heavy (non-hydrogen) atoms. The Hall–Kier alpha value is -2.83. The minimum atomic E-state index is -0.876. The molecule has 0 radical (unpaired) electrons. The summed E-state index contributed by atoms with van der Waals surface area (Å²) < 4.78 is 14.3. The van der Waals surface area contributed by atoms with E-state index in [-0.39, 0.29) is 11.9 Å². The highest BCUT2D eigenvalue weighted by molar-refractivity contribution is 7.19. The van der Waals surface area contributed by atoms with Gasteiger partial charge < -0.3 is 5.73 Å². The van der Waals surface area contributed by atoms with E-state index in [2.05, 4.69) is 11.1 Å².